The lowest BCUT2D eigenvalue weighted by molar-refractivity contribution is -0.119. The number of carbonyl (C=O) groups is 2. The molecule has 0 fully saturated rings. The highest BCUT2D eigenvalue weighted by Gasteiger charge is 2.18. The maximum absolute atomic E-state index is 12.3. The SMILES string of the molecule is CCc1cccc(CC)c1NC(=O)COC(=O)c1ccc(S(=O)(=O)N(C)C)cc1. The lowest BCUT2D eigenvalue weighted by Crippen LogP contribution is -2.23. The molecule has 0 aliphatic carbocycles. The Labute approximate surface area is 171 Å². The first-order valence-electron chi connectivity index (χ1n) is 9.31. The number of sulfonamides is 1. The van der Waals surface area contributed by atoms with Crippen molar-refractivity contribution in [2.45, 2.75) is 31.6 Å². The molecule has 0 heterocycles. The number of esters is 1. The van der Waals surface area contributed by atoms with Gasteiger partial charge in [0.05, 0.1) is 10.5 Å². The summed E-state index contributed by atoms with van der Waals surface area (Å²) in [5, 5.41) is 2.83. The largest absolute Gasteiger partial charge is 0.452 e. The number of hydrogen-bond acceptors (Lipinski definition) is 5. The highest BCUT2D eigenvalue weighted by molar-refractivity contribution is 7.89. The quantitative estimate of drug-likeness (QED) is 0.666. The molecule has 0 spiro atoms. The number of anilines is 1. The summed E-state index contributed by atoms with van der Waals surface area (Å²) in [6, 6.07) is 11.2. The van der Waals surface area contributed by atoms with Gasteiger partial charge < -0.3 is 10.1 Å². The first-order valence-corrected chi connectivity index (χ1v) is 10.7. The smallest absolute Gasteiger partial charge is 0.338 e. The fraction of sp³-hybridized carbons (Fsp3) is 0.333. The highest BCUT2D eigenvalue weighted by atomic mass is 32.2. The van der Waals surface area contributed by atoms with Gasteiger partial charge in [-0.2, -0.15) is 0 Å². The first kappa shape index (κ1) is 22.6. The van der Waals surface area contributed by atoms with Crippen LogP contribution >= 0.6 is 0 Å². The molecule has 0 aromatic heterocycles. The van der Waals surface area contributed by atoms with E-state index in [-0.39, 0.29) is 10.5 Å². The lowest BCUT2D eigenvalue weighted by Gasteiger charge is -2.14. The van der Waals surface area contributed by atoms with Crippen molar-refractivity contribution >= 4 is 27.6 Å². The number of amides is 1. The monoisotopic (exact) mass is 418 g/mol. The molecule has 1 N–H and O–H groups in total. The molecule has 8 heteroatoms. The first-order chi connectivity index (χ1) is 13.7. The molecular formula is C21H26N2O5S. The molecule has 1 amide bonds. The van der Waals surface area contributed by atoms with E-state index in [0.717, 1.165) is 34.0 Å². The summed E-state index contributed by atoms with van der Waals surface area (Å²) in [7, 11) is -0.721. The molecule has 0 aliphatic heterocycles. The summed E-state index contributed by atoms with van der Waals surface area (Å²) in [6.45, 7) is 3.58. The van der Waals surface area contributed by atoms with Gasteiger partial charge in [0.1, 0.15) is 0 Å². The second-order valence-electron chi connectivity index (χ2n) is 6.59. The van der Waals surface area contributed by atoms with Crippen LogP contribution in [0.2, 0.25) is 0 Å². The Morgan fingerprint density at radius 1 is 0.966 bits per heavy atom. The second kappa shape index (κ2) is 9.67. The van der Waals surface area contributed by atoms with Crippen LogP contribution in [-0.4, -0.2) is 45.3 Å². The predicted molar refractivity (Wildman–Crippen MR) is 111 cm³/mol. The number of para-hydroxylation sites is 1. The van der Waals surface area contributed by atoms with E-state index in [2.05, 4.69) is 5.32 Å². The minimum atomic E-state index is -3.58. The van der Waals surface area contributed by atoms with Crippen molar-refractivity contribution in [1.29, 1.82) is 0 Å². The molecule has 2 aromatic rings. The number of carbonyl (C=O) groups excluding carboxylic acids is 2. The third-order valence-corrected chi connectivity index (χ3v) is 6.30. The van der Waals surface area contributed by atoms with Crippen molar-refractivity contribution in [3.63, 3.8) is 0 Å². The minimum absolute atomic E-state index is 0.0695. The Bertz CT molecular complexity index is 960. The van der Waals surface area contributed by atoms with Crippen molar-refractivity contribution in [2.24, 2.45) is 0 Å². The van der Waals surface area contributed by atoms with Crippen molar-refractivity contribution in [3.05, 3.63) is 59.2 Å². The molecular weight excluding hydrogens is 392 g/mol. The molecule has 156 valence electrons. The number of hydrogen-bond donors (Lipinski definition) is 1. The average Bonchev–Trinajstić information content (AvgIpc) is 2.72. The molecule has 0 bridgehead atoms. The zero-order chi connectivity index (χ0) is 21.6. The highest BCUT2D eigenvalue weighted by Crippen LogP contribution is 2.22. The molecule has 0 saturated heterocycles. The fourth-order valence-electron chi connectivity index (χ4n) is 2.77. The van der Waals surface area contributed by atoms with Crippen LogP contribution in [0.25, 0.3) is 0 Å². The molecule has 0 aliphatic rings. The van der Waals surface area contributed by atoms with Crippen molar-refractivity contribution in [1.82, 2.24) is 4.31 Å². The van der Waals surface area contributed by atoms with E-state index in [1.54, 1.807) is 0 Å². The normalized spacial score (nSPS) is 11.3. The number of nitrogens with zero attached hydrogens (tertiary/aromatic N) is 1. The molecule has 0 radical (unpaired) electrons. The number of nitrogens with one attached hydrogen (secondary N) is 1. The molecule has 0 saturated carbocycles. The standard InChI is InChI=1S/C21H26N2O5S/c1-5-15-8-7-9-16(6-2)20(15)22-19(24)14-28-21(25)17-10-12-18(13-11-17)29(26,27)23(3)4/h7-13H,5-6,14H2,1-4H3,(H,22,24). The number of rotatable bonds is 8. The van der Waals surface area contributed by atoms with Gasteiger partial charge in [-0.15, -0.1) is 0 Å². The van der Waals surface area contributed by atoms with Gasteiger partial charge >= 0.3 is 5.97 Å². The summed E-state index contributed by atoms with van der Waals surface area (Å²) in [4.78, 5) is 24.5. The van der Waals surface area contributed by atoms with Crippen LogP contribution in [0.3, 0.4) is 0 Å². The Morgan fingerprint density at radius 3 is 2.00 bits per heavy atom. The maximum Gasteiger partial charge on any atom is 0.338 e. The van der Waals surface area contributed by atoms with Gasteiger partial charge in [-0.25, -0.2) is 17.5 Å². The van der Waals surface area contributed by atoms with Crippen LogP contribution in [0.1, 0.15) is 35.3 Å². The van der Waals surface area contributed by atoms with Crippen LogP contribution in [0.5, 0.6) is 0 Å². The van der Waals surface area contributed by atoms with Gasteiger partial charge in [-0.05, 0) is 48.2 Å². The number of ether oxygens (including phenoxy) is 1. The van der Waals surface area contributed by atoms with Gasteiger partial charge in [0.25, 0.3) is 5.91 Å². The zero-order valence-corrected chi connectivity index (χ0v) is 17.9. The molecule has 0 atom stereocenters. The van der Waals surface area contributed by atoms with E-state index in [4.69, 9.17) is 4.74 Å². The van der Waals surface area contributed by atoms with Gasteiger partial charge in [0.2, 0.25) is 10.0 Å². The minimum Gasteiger partial charge on any atom is -0.452 e. The van der Waals surface area contributed by atoms with Gasteiger partial charge in [0, 0.05) is 19.8 Å². The van der Waals surface area contributed by atoms with E-state index in [1.807, 2.05) is 32.0 Å². The lowest BCUT2D eigenvalue weighted by atomic mass is 10.0. The summed E-state index contributed by atoms with van der Waals surface area (Å²) in [5.41, 5.74) is 2.96. The van der Waals surface area contributed by atoms with Crippen LogP contribution in [-0.2, 0) is 32.4 Å². The van der Waals surface area contributed by atoms with Crippen LogP contribution in [0.15, 0.2) is 47.4 Å². The van der Waals surface area contributed by atoms with Crippen molar-refractivity contribution in [2.75, 3.05) is 26.0 Å². The Kier molecular flexibility index (Phi) is 7.53. The van der Waals surface area contributed by atoms with E-state index < -0.39 is 28.5 Å². The molecule has 2 rings (SSSR count). The maximum atomic E-state index is 12.3. The number of benzene rings is 2. The summed E-state index contributed by atoms with van der Waals surface area (Å²) in [6.07, 6.45) is 1.54. The van der Waals surface area contributed by atoms with Crippen LogP contribution < -0.4 is 5.32 Å². The van der Waals surface area contributed by atoms with Crippen molar-refractivity contribution in [3.8, 4) is 0 Å². The van der Waals surface area contributed by atoms with Crippen LogP contribution in [0.4, 0.5) is 5.69 Å². The topological polar surface area (TPSA) is 92.8 Å². The predicted octanol–water partition coefficient (Wildman–Crippen LogP) is 2.86. The second-order valence-corrected chi connectivity index (χ2v) is 8.75. The summed E-state index contributed by atoms with van der Waals surface area (Å²) in [5.74, 6) is -1.13. The van der Waals surface area contributed by atoms with E-state index in [1.165, 1.54) is 38.4 Å². The molecule has 2 aromatic carbocycles. The van der Waals surface area contributed by atoms with E-state index >= 15 is 0 Å². The molecule has 0 unspecified atom stereocenters. The Hall–Kier alpha value is -2.71. The summed E-state index contributed by atoms with van der Waals surface area (Å²) < 4.78 is 30.3. The van der Waals surface area contributed by atoms with Gasteiger partial charge in [0.15, 0.2) is 6.61 Å². The third-order valence-electron chi connectivity index (χ3n) is 4.47. The number of aryl methyl sites for hydroxylation is 2. The Balaban J connectivity index is 2.02. The van der Waals surface area contributed by atoms with Crippen molar-refractivity contribution < 1.29 is 22.7 Å². The fourth-order valence-corrected chi connectivity index (χ4v) is 3.67. The third kappa shape index (κ3) is 5.42. The Morgan fingerprint density at radius 2 is 1.52 bits per heavy atom. The van der Waals surface area contributed by atoms with Gasteiger partial charge in [-0.1, -0.05) is 32.0 Å². The summed E-state index contributed by atoms with van der Waals surface area (Å²) >= 11 is 0. The van der Waals surface area contributed by atoms with Crippen LogP contribution in [0, 0.1) is 0 Å². The van der Waals surface area contributed by atoms with E-state index in [0.29, 0.717) is 0 Å². The zero-order valence-electron chi connectivity index (χ0n) is 17.1. The van der Waals surface area contributed by atoms with E-state index in [9.17, 15) is 18.0 Å². The average molecular weight is 419 g/mol. The van der Waals surface area contributed by atoms with Gasteiger partial charge in [-0.3, -0.25) is 4.79 Å². The molecule has 29 heavy (non-hydrogen) atoms. The molecule has 7 nitrogen and oxygen atoms in total.